The fraction of sp³-hybridized carbons (Fsp3) is 0.909. The van der Waals surface area contributed by atoms with Gasteiger partial charge in [0.2, 0.25) is 0 Å². The third-order valence-electron chi connectivity index (χ3n) is 3.77. The second-order valence-corrected chi connectivity index (χ2v) is 4.79. The lowest BCUT2D eigenvalue weighted by Gasteiger charge is -2.29. The molecule has 0 aromatic carbocycles. The van der Waals surface area contributed by atoms with Gasteiger partial charge in [0.15, 0.2) is 0 Å². The summed E-state index contributed by atoms with van der Waals surface area (Å²) in [5.41, 5.74) is -0.151. The minimum absolute atomic E-state index is 0.0319. The van der Waals surface area contributed by atoms with E-state index in [4.69, 9.17) is 4.74 Å². The molecule has 0 spiro atoms. The Bertz CT molecular complexity index is 210. The Morgan fingerprint density at radius 3 is 2.31 bits per heavy atom. The smallest absolute Gasteiger partial charge is 0.311 e. The van der Waals surface area contributed by atoms with Crippen molar-refractivity contribution in [2.45, 2.75) is 39.5 Å². The molecule has 2 atom stereocenters. The molecule has 2 nitrogen and oxygen atoms in total. The monoisotopic (exact) mass is 182 g/mol. The molecule has 2 saturated carbocycles. The van der Waals surface area contributed by atoms with Crippen LogP contribution < -0.4 is 0 Å². The van der Waals surface area contributed by atoms with Crippen LogP contribution in [0.3, 0.4) is 0 Å². The number of hydrogen-bond acceptors (Lipinski definition) is 2. The van der Waals surface area contributed by atoms with E-state index in [2.05, 4.69) is 6.92 Å². The average Bonchev–Trinajstić information content (AvgIpc) is 2.30. The van der Waals surface area contributed by atoms with Crippen molar-refractivity contribution in [2.24, 2.45) is 17.3 Å². The highest BCUT2D eigenvalue weighted by atomic mass is 16.5. The predicted octanol–water partition coefficient (Wildman–Crippen LogP) is 2.38. The summed E-state index contributed by atoms with van der Waals surface area (Å²) in [5, 5.41) is 0. The molecule has 13 heavy (non-hydrogen) atoms. The summed E-state index contributed by atoms with van der Waals surface area (Å²) in [7, 11) is 0. The molecule has 0 saturated heterocycles. The van der Waals surface area contributed by atoms with Gasteiger partial charge in [-0.25, -0.2) is 0 Å². The van der Waals surface area contributed by atoms with Crippen molar-refractivity contribution in [1.29, 1.82) is 0 Å². The molecule has 2 heteroatoms. The average molecular weight is 182 g/mol. The lowest BCUT2D eigenvalue weighted by atomic mass is 9.77. The lowest BCUT2D eigenvalue weighted by molar-refractivity contribution is -0.154. The van der Waals surface area contributed by atoms with Crippen LogP contribution in [0.1, 0.15) is 39.5 Å². The molecule has 0 amide bonds. The highest BCUT2D eigenvalue weighted by Crippen LogP contribution is 2.55. The summed E-state index contributed by atoms with van der Waals surface area (Å²) in [6.07, 6.45) is 4.80. The first-order chi connectivity index (χ1) is 6.15. The molecule has 2 fully saturated rings. The Kier molecular flexibility index (Phi) is 2.09. The number of carbonyl (C=O) groups excluding carboxylic acids is 1. The summed E-state index contributed by atoms with van der Waals surface area (Å²) < 4.78 is 5.11. The minimum Gasteiger partial charge on any atom is -0.466 e. The van der Waals surface area contributed by atoms with E-state index in [-0.39, 0.29) is 11.4 Å². The van der Waals surface area contributed by atoms with Crippen molar-refractivity contribution >= 4 is 5.97 Å². The van der Waals surface area contributed by atoms with Crippen molar-refractivity contribution in [2.75, 3.05) is 6.61 Å². The van der Waals surface area contributed by atoms with Gasteiger partial charge in [0, 0.05) is 0 Å². The van der Waals surface area contributed by atoms with E-state index in [9.17, 15) is 4.79 Å². The summed E-state index contributed by atoms with van der Waals surface area (Å²) in [5.74, 6) is 1.69. The van der Waals surface area contributed by atoms with E-state index >= 15 is 0 Å². The summed E-state index contributed by atoms with van der Waals surface area (Å²) in [4.78, 5) is 11.7. The van der Waals surface area contributed by atoms with Gasteiger partial charge in [0.1, 0.15) is 0 Å². The van der Waals surface area contributed by atoms with Gasteiger partial charge in [-0.1, -0.05) is 0 Å². The van der Waals surface area contributed by atoms with Gasteiger partial charge in [-0.05, 0) is 51.4 Å². The Labute approximate surface area is 79.7 Å². The second kappa shape index (κ2) is 3.00. The second-order valence-electron chi connectivity index (χ2n) is 4.79. The van der Waals surface area contributed by atoms with Gasteiger partial charge < -0.3 is 4.74 Å². The van der Waals surface area contributed by atoms with Gasteiger partial charge in [0.25, 0.3) is 0 Å². The molecule has 74 valence electrons. The topological polar surface area (TPSA) is 26.3 Å². The molecule has 0 heterocycles. The van der Waals surface area contributed by atoms with Crippen LogP contribution >= 0.6 is 0 Å². The number of rotatable bonds is 2. The van der Waals surface area contributed by atoms with Crippen LogP contribution in [0.15, 0.2) is 0 Å². The highest BCUT2D eigenvalue weighted by Gasteiger charge is 2.51. The molecule has 0 aliphatic heterocycles. The molecule has 0 bridgehead atoms. The molecule has 0 radical (unpaired) electrons. The third kappa shape index (κ3) is 1.36. The Morgan fingerprint density at radius 2 is 1.92 bits per heavy atom. The zero-order valence-electron chi connectivity index (χ0n) is 8.51. The summed E-state index contributed by atoms with van der Waals surface area (Å²) >= 11 is 0. The van der Waals surface area contributed by atoms with E-state index < -0.39 is 0 Å². The Balaban J connectivity index is 2.00. The maximum Gasteiger partial charge on any atom is 0.311 e. The van der Waals surface area contributed by atoms with E-state index in [1.165, 1.54) is 12.8 Å². The van der Waals surface area contributed by atoms with Crippen molar-refractivity contribution in [3.63, 3.8) is 0 Å². The lowest BCUT2D eigenvalue weighted by Crippen LogP contribution is -2.27. The number of esters is 1. The number of fused-ring (bicyclic) bond motifs is 1. The fourth-order valence-electron chi connectivity index (χ4n) is 2.89. The van der Waals surface area contributed by atoms with E-state index in [0.29, 0.717) is 6.61 Å². The molecule has 2 aliphatic rings. The first kappa shape index (κ1) is 9.04. The maximum atomic E-state index is 11.7. The Morgan fingerprint density at radius 1 is 1.38 bits per heavy atom. The number of hydrogen-bond donors (Lipinski definition) is 0. The van der Waals surface area contributed by atoms with Gasteiger partial charge in [0.05, 0.1) is 12.0 Å². The van der Waals surface area contributed by atoms with Crippen LogP contribution in [0.25, 0.3) is 0 Å². The van der Waals surface area contributed by atoms with Crippen molar-refractivity contribution in [3.05, 3.63) is 0 Å². The zero-order valence-corrected chi connectivity index (χ0v) is 8.51. The summed E-state index contributed by atoms with van der Waals surface area (Å²) in [6.45, 7) is 4.47. The number of ether oxygens (including phenoxy) is 1. The molecule has 0 N–H and O–H groups in total. The predicted molar refractivity (Wildman–Crippen MR) is 50.2 cm³/mol. The molecular formula is C11H18O2. The molecule has 0 aromatic rings. The normalized spacial score (nSPS) is 42.3. The fourth-order valence-corrected chi connectivity index (χ4v) is 2.89. The van der Waals surface area contributed by atoms with Gasteiger partial charge in [-0.3, -0.25) is 4.79 Å². The first-order valence-corrected chi connectivity index (χ1v) is 5.33. The Hall–Kier alpha value is -0.530. The van der Waals surface area contributed by atoms with Gasteiger partial charge in [-0.15, -0.1) is 0 Å². The van der Waals surface area contributed by atoms with Gasteiger partial charge in [-0.2, -0.15) is 0 Å². The molecule has 2 aliphatic carbocycles. The van der Waals surface area contributed by atoms with Gasteiger partial charge >= 0.3 is 5.97 Å². The molecule has 0 aromatic heterocycles. The first-order valence-electron chi connectivity index (χ1n) is 5.33. The highest BCUT2D eigenvalue weighted by molar-refractivity contribution is 5.77. The van der Waals surface area contributed by atoms with E-state index in [0.717, 1.165) is 24.7 Å². The van der Waals surface area contributed by atoms with Crippen LogP contribution in [-0.2, 0) is 9.53 Å². The molecule has 2 rings (SSSR count). The van der Waals surface area contributed by atoms with E-state index in [1.807, 2.05) is 6.92 Å². The summed E-state index contributed by atoms with van der Waals surface area (Å²) in [6, 6.07) is 0. The van der Waals surface area contributed by atoms with Crippen molar-refractivity contribution in [1.82, 2.24) is 0 Å². The molecular weight excluding hydrogens is 164 g/mol. The SMILES string of the molecule is CCOC(=O)C1(C)CC2CCC2C1. The standard InChI is InChI=1S/C11H18O2/c1-3-13-10(12)11(2)6-8-4-5-9(8)7-11/h8-9H,3-7H2,1-2H3. The third-order valence-corrected chi connectivity index (χ3v) is 3.77. The quantitative estimate of drug-likeness (QED) is 0.613. The maximum absolute atomic E-state index is 11.7. The van der Waals surface area contributed by atoms with Crippen LogP contribution in [0.5, 0.6) is 0 Å². The number of carbonyl (C=O) groups is 1. The van der Waals surface area contributed by atoms with Crippen LogP contribution in [0.4, 0.5) is 0 Å². The van der Waals surface area contributed by atoms with Crippen LogP contribution in [-0.4, -0.2) is 12.6 Å². The van der Waals surface area contributed by atoms with Crippen molar-refractivity contribution < 1.29 is 9.53 Å². The van der Waals surface area contributed by atoms with Crippen LogP contribution in [0.2, 0.25) is 0 Å². The molecule has 2 unspecified atom stereocenters. The van der Waals surface area contributed by atoms with E-state index in [1.54, 1.807) is 0 Å². The largest absolute Gasteiger partial charge is 0.466 e. The minimum atomic E-state index is -0.151. The van der Waals surface area contributed by atoms with Crippen molar-refractivity contribution in [3.8, 4) is 0 Å². The van der Waals surface area contributed by atoms with Crippen LogP contribution in [0, 0.1) is 17.3 Å². The zero-order chi connectivity index (χ0) is 9.47.